The van der Waals surface area contributed by atoms with Gasteiger partial charge in [-0.1, -0.05) is 0 Å². The SMILES string of the molecule is CN(Cc1ccco1)S(=O)(=O)c1ccc(S(=O)(=O)N2CCOCC2)cc1. The van der Waals surface area contributed by atoms with Crippen LogP contribution < -0.4 is 0 Å². The van der Waals surface area contributed by atoms with Crippen LogP contribution in [-0.2, 0) is 31.3 Å². The minimum atomic E-state index is -3.76. The maximum atomic E-state index is 12.6. The molecule has 1 fully saturated rings. The molecule has 1 aromatic heterocycles. The third-order valence-electron chi connectivity index (χ3n) is 4.10. The smallest absolute Gasteiger partial charge is 0.243 e. The Kier molecular flexibility index (Phi) is 5.49. The largest absolute Gasteiger partial charge is 0.468 e. The highest BCUT2D eigenvalue weighted by Gasteiger charge is 2.27. The molecule has 0 atom stereocenters. The third-order valence-corrected chi connectivity index (χ3v) is 7.83. The van der Waals surface area contributed by atoms with Crippen molar-refractivity contribution >= 4 is 20.0 Å². The van der Waals surface area contributed by atoms with Crippen molar-refractivity contribution in [2.75, 3.05) is 33.4 Å². The van der Waals surface area contributed by atoms with Gasteiger partial charge in [-0.05, 0) is 36.4 Å². The van der Waals surface area contributed by atoms with Gasteiger partial charge in [-0.25, -0.2) is 16.8 Å². The summed E-state index contributed by atoms with van der Waals surface area (Å²) in [6.07, 6.45) is 1.47. The lowest BCUT2D eigenvalue weighted by atomic mass is 10.4. The second kappa shape index (κ2) is 7.49. The molecule has 1 aliphatic rings. The van der Waals surface area contributed by atoms with Gasteiger partial charge in [0.2, 0.25) is 20.0 Å². The van der Waals surface area contributed by atoms with E-state index in [-0.39, 0.29) is 29.4 Å². The Morgan fingerprint density at radius 3 is 2.19 bits per heavy atom. The molecule has 0 radical (unpaired) electrons. The van der Waals surface area contributed by atoms with Crippen LogP contribution in [0.25, 0.3) is 0 Å². The molecule has 0 saturated carbocycles. The average Bonchev–Trinajstić information content (AvgIpc) is 3.15. The lowest BCUT2D eigenvalue weighted by Crippen LogP contribution is -2.40. The molecule has 0 aliphatic carbocycles. The van der Waals surface area contributed by atoms with Crippen LogP contribution in [0.4, 0.5) is 0 Å². The van der Waals surface area contributed by atoms with Gasteiger partial charge in [0.05, 0.1) is 35.8 Å². The number of sulfonamides is 2. The van der Waals surface area contributed by atoms with Gasteiger partial charge in [-0.2, -0.15) is 8.61 Å². The molecule has 142 valence electrons. The van der Waals surface area contributed by atoms with E-state index >= 15 is 0 Å². The molecule has 0 amide bonds. The lowest BCUT2D eigenvalue weighted by Gasteiger charge is -2.26. The maximum absolute atomic E-state index is 12.6. The summed E-state index contributed by atoms with van der Waals surface area (Å²) in [5.74, 6) is 0.516. The summed E-state index contributed by atoms with van der Waals surface area (Å²) in [5, 5.41) is 0. The first-order chi connectivity index (χ1) is 12.3. The van der Waals surface area contributed by atoms with E-state index in [1.807, 2.05) is 0 Å². The van der Waals surface area contributed by atoms with Crippen LogP contribution in [0.5, 0.6) is 0 Å². The highest BCUT2D eigenvalue weighted by molar-refractivity contribution is 7.89. The number of hydrogen-bond donors (Lipinski definition) is 0. The highest BCUT2D eigenvalue weighted by Crippen LogP contribution is 2.22. The van der Waals surface area contributed by atoms with E-state index in [1.54, 1.807) is 12.1 Å². The summed E-state index contributed by atoms with van der Waals surface area (Å²) in [6, 6.07) is 8.62. The van der Waals surface area contributed by atoms with E-state index < -0.39 is 20.0 Å². The minimum absolute atomic E-state index is 0.0208. The van der Waals surface area contributed by atoms with Crippen LogP contribution in [0.1, 0.15) is 5.76 Å². The first kappa shape index (κ1) is 19.1. The van der Waals surface area contributed by atoms with E-state index in [0.29, 0.717) is 19.0 Å². The monoisotopic (exact) mass is 400 g/mol. The number of nitrogens with zero attached hydrogens (tertiary/aromatic N) is 2. The number of benzene rings is 1. The van der Waals surface area contributed by atoms with E-state index in [4.69, 9.17) is 9.15 Å². The second-order valence-electron chi connectivity index (χ2n) is 5.83. The Bertz CT molecular complexity index is 931. The van der Waals surface area contributed by atoms with Crippen LogP contribution in [0, 0.1) is 0 Å². The van der Waals surface area contributed by atoms with Crippen molar-refractivity contribution in [3.8, 4) is 0 Å². The molecule has 0 unspecified atom stereocenters. The fourth-order valence-electron chi connectivity index (χ4n) is 2.61. The van der Waals surface area contributed by atoms with Crippen LogP contribution in [0.15, 0.2) is 56.9 Å². The Morgan fingerprint density at radius 2 is 1.62 bits per heavy atom. The van der Waals surface area contributed by atoms with Crippen molar-refractivity contribution in [2.24, 2.45) is 0 Å². The molecule has 1 aliphatic heterocycles. The molecule has 0 N–H and O–H groups in total. The fraction of sp³-hybridized carbons (Fsp3) is 0.375. The quantitative estimate of drug-likeness (QED) is 0.721. The topological polar surface area (TPSA) is 97.1 Å². The van der Waals surface area contributed by atoms with Crippen molar-refractivity contribution in [3.05, 3.63) is 48.4 Å². The van der Waals surface area contributed by atoms with Gasteiger partial charge in [0.25, 0.3) is 0 Å². The molecule has 0 bridgehead atoms. The summed E-state index contributed by atoms with van der Waals surface area (Å²) >= 11 is 0. The molecular weight excluding hydrogens is 380 g/mol. The second-order valence-corrected chi connectivity index (χ2v) is 9.81. The number of morpholine rings is 1. The molecule has 8 nitrogen and oxygen atoms in total. The van der Waals surface area contributed by atoms with Crippen molar-refractivity contribution in [1.29, 1.82) is 0 Å². The molecule has 3 rings (SSSR count). The molecule has 2 aromatic rings. The normalized spacial score (nSPS) is 16.8. The average molecular weight is 400 g/mol. The number of hydrogen-bond acceptors (Lipinski definition) is 6. The molecular formula is C16H20N2O6S2. The zero-order valence-electron chi connectivity index (χ0n) is 14.2. The predicted molar refractivity (Wildman–Crippen MR) is 93.4 cm³/mol. The lowest BCUT2D eigenvalue weighted by molar-refractivity contribution is 0.0730. The van der Waals surface area contributed by atoms with E-state index in [0.717, 1.165) is 4.31 Å². The van der Waals surface area contributed by atoms with Crippen molar-refractivity contribution in [3.63, 3.8) is 0 Å². The van der Waals surface area contributed by atoms with E-state index in [9.17, 15) is 16.8 Å². The van der Waals surface area contributed by atoms with Crippen molar-refractivity contribution < 1.29 is 26.0 Å². The Balaban J connectivity index is 1.80. The highest BCUT2D eigenvalue weighted by atomic mass is 32.2. The summed E-state index contributed by atoms with van der Waals surface area (Å²) in [5.41, 5.74) is 0. The zero-order valence-corrected chi connectivity index (χ0v) is 15.9. The van der Waals surface area contributed by atoms with E-state index in [1.165, 1.54) is 41.9 Å². The van der Waals surface area contributed by atoms with E-state index in [2.05, 4.69) is 0 Å². The Labute approximate surface area is 153 Å². The summed E-state index contributed by atoms with van der Waals surface area (Å²) < 4.78 is 63.3. The van der Waals surface area contributed by atoms with Gasteiger partial charge in [0.1, 0.15) is 5.76 Å². The summed E-state index contributed by atoms with van der Waals surface area (Å²) in [7, 11) is -5.97. The van der Waals surface area contributed by atoms with Gasteiger partial charge in [-0.15, -0.1) is 0 Å². The van der Waals surface area contributed by atoms with Crippen LogP contribution in [0.2, 0.25) is 0 Å². The first-order valence-corrected chi connectivity index (χ1v) is 10.9. The van der Waals surface area contributed by atoms with Crippen LogP contribution in [-0.4, -0.2) is 58.8 Å². The molecule has 0 spiro atoms. The molecule has 26 heavy (non-hydrogen) atoms. The fourth-order valence-corrected chi connectivity index (χ4v) is 5.15. The number of rotatable bonds is 6. The standard InChI is InChI=1S/C16H20N2O6S2/c1-17(13-14-3-2-10-24-14)25(19,20)15-4-6-16(7-5-15)26(21,22)18-8-11-23-12-9-18/h2-7,10H,8-9,11-13H2,1H3. The molecule has 1 saturated heterocycles. The maximum Gasteiger partial charge on any atom is 0.243 e. The Hall–Kier alpha value is -1.72. The van der Waals surface area contributed by atoms with Gasteiger partial charge < -0.3 is 9.15 Å². The third kappa shape index (κ3) is 3.84. The van der Waals surface area contributed by atoms with Crippen molar-refractivity contribution in [1.82, 2.24) is 8.61 Å². The van der Waals surface area contributed by atoms with Crippen LogP contribution in [0.3, 0.4) is 0 Å². The van der Waals surface area contributed by atoms with Gasteiger partial charge >= 0.3 is 0 Å². The predicted octanol–water partition coefficient (Wildman–Crippen LogP) is 1.12. The minimum Gasteiger partial charge on any atom is -0.468 e. The first-order valence-electron chi connectivity index (χ1n) is 7.98. The molecule has 1 aromatic carbocycles. The van der Waals surface area contributed by atoms with Crippen molar-refractivity contribution in [2.45, 2.75) is 16.3 Å². The molecule has 10 heteroatoms. The van der Waals surface area contributed by atoms with Gasteiger partial charge in [0, 0.05) is 20.1 Å². The summed E-state index contributed by atoms with van der Waals surface area (Å²) in [6.45, 7) is 1.36. The van der Waals surface area contributed by atoms with Crippen LogP contribution >= 0.6 is 0 Å². The Morgan fingerprint density at radius 1 is 1.00 bits per heavy atom. The van der Waals surface area contributed by atoms with Gasteiger partial charge in [-0.3, -0.25) is 0 Å². The number of furan rings is 1. The zero-order chi connectivity index (χ0) is 18.8. The molecule has 2 heterocycles. The van der Waals surface area contributed by atoms with Gasteiger partial charge in [0.15, 0.2) is 0 Å². The summed E-state index contributed by atoms with van der Waals surface area (Å²) in [4.78, 5) is 0.0829. The number of ether oxygens (including phenoxy) is 1.